The van der Waals surface area contributed by atoms with E-state index in [0.717, 1.165) is 17.0 Å². The first-order valence-electron chi connectivity index (χ1n) is 11.7. The van der Waals surface area contributed by atoms with Gasteiger partial charge in [0.05, 0.1) is 12.8 Å². The Bertz CT molecular complexity index is 1320. The number of carbonyl (C=O) groups is 2. The molecule has 8 heteroatoms. The summed E-state index contributed by atoms with van der Waals surface area (Å²) in [6, 6.07) is 13.5. The number of fused-ring (bicyclic) bond motifs is 1. The molecule has 0 bridgehead atoms. The van der Waals surface area contributed by atoms with Crippen molar-refractivity contribution in [1.82, 2.24) is 9.78 Å². The maximum absolute atomic E-state index is 13.3. The summed E-state index contributed by atoms with van der Waals surface area (Å²) in [6.07, 6.45) is 2.63. The van der Waals surface area contributed by atoms with Gasteiger partial charge < -0.3 is 20.5 Å². The molecular formula is C27H28N4O4. The molecule has 0 spiro atoms. The highest BCUT2D eigenvalue weighted by Gasteiger charge is 2.42. The van der Waals surface area contributed by atoms with Crippen molar-refractivity contribution in [2.75, 3.05) is 17.2 Å². The van der Waals surface area contributed by atoms with Gasteiger partial charge in [-0.3, -0.25) is 9.59 Å². The minimum absolute atomic E-state index is 0.0587. The third-order valence-electron chi connectivity index (χ3n) is 6.38. The molecule has 2 heterocycles. The SMILES string of the molecule is CCOc1ccc(NC(=O)c2cnn3c2NC2=C(C(=O)CC(C)(C)C2)[C@H]3c2ccc(O)cc2)cc1. The summed E-state index contributed by atoms with van der Waals surface area (Å²) in [5, 5.41) is 20.6. The van der Waals surface area contributed by atoms with E-state index in [9.17, 15) is 14.7 Å². The zero-order valence-electron chi connectivity index (χ0n) is 20.0. The fourth-order valence-electron chi connectivity index (χ4n) is 4.84. The monoisotopic (exact) mass is 472 g/mol. The van der Waals surface area contributed by atoms with E-state index >= 15 is 0 Å². The summed E-state index contributed by atoms with van der Waals surface area (Å²) in [5.41, 5.74) is 3.10. The lowest BCUT2D eigenvalue weighted by molar-refractivity contribution is -0.118. The van der Waals surface area contributed by atoms with E-state index in [1.54, 1.807) is 53.2 Å². The highest BCUT2D eigenvalue weighted by Crippen LogP contribution is 2.46. The number of rotatable bonds is 5. The largest absolute Gasteiger partial charge is 0.508 e. The van der Waals surface area contributed by atoms with Crippen LogP contribution in [0.25, 0.3) is 0 Å². The van der Waals surface area contributed by atoms with E-state index < -0.39 is 6.04 Å². The first kappa shape index (κ1) is 22.7. The number of aromatic hydroxyl groups is 1. The average Bonchev–Trinajstić information content (AvgIpc) is 3.23. The van der Waals surface area contributed by atoms with Gasteiger partial charge in [0.1, 0.15) is 28.9 Å². The molecule has 2 aromatic carbocycles. The van der Waals surface area contributed by atoms with Crippen LogP contribution < -0.4 is 15.4 Å². The number of hydrogen-bond acceptors (Lipinski definition) is 6. The zero-order chi connectivity index (χ0) is 24.7. The first-order valence-corrected chi connectivity index (χ1v) is 11.7. The van der Waals surface area contributed by atoms with Crippen molar-refractivity contribution in [3.63, 3.8) is 0 Å². The second-order valence-electron chi connectivity index (χ2n) is 9.72. The van der Waals surface area contributed by atoms with Gasteiger partial charge in [-0.2, -0.15) is 5.10 Å². The number of benzene rings is 2. The number of ether oxygens (including phenoxy) is 1. The average molecular weight is 473 g/mol. The Labute approximate surface area is 203 Å². The number of nitrogens with one attached hydrogen (secondary N) is 2. The quantitative estimate of drug-likeness (QED) is 0.488. The lowest BCUT2D eigenvalue weighted by Crippen LogP contribution is -2.36. The number of phenolic OH excluding ortho intramolecular Hbond substituents is 1. The number of aromatic nitrogens is 2. The van der Waals surface area contributed by atoms with Gasteiger partial charge in [-0.1, -0.05) is 26.0 Å². The predicted octanol–water partition coefficient (Wildman–Crippen LogP) is 4.90. The number of nitrogens with zero attached hydrogens (tertiary/aromatic N) is 2. The van der Waals surface area contributed by atoms with E-state index in [1.165, 1.54) is 6.20 Å². The zero-order valence-corrected chi connectivity index (χ0v) is 20.0. The van der Waals surface area contributed by atoms with Crippen molar-refractivity contribution in [3.8, 4) is 11.5 Å². The molecule has 0 radical (unpaired) electrons. The molecule has 180 valence electrons. The molecule has 3 N–H and O–H groups in total. The van der Waals surface area contributed by atoms with E-state index in [2.05, 4.69) is 29.6 Å². The van der Waals surface area contributed by atoms with Crippen molar-refractivity contribution < 1.29 is 19.4 Å². The van der Waals surface area contributed by atoms with Gasteiger partial charge in [-0.05, 0) is 60.7 Å². The third kappa shape index (κ3) is 4.27. The molecule has 2 aliphatic rings. The van der Waals surface area contributed by atoms with Crippen LogP contribution >= 0.6 is 0 Å². The molecular weight excluding hydrogens is 444 g/mol. The van der Waals surface area contributed by atoms with Crippen LogP contribution in [0.2, 0.25) is 0 Å². The molecule has 0 unspecified atom stereocenters. The summed E-state index contributed by atoms with van der Waals surface area (Å²) >= 11 is 0. The number of amides is 1. The molecule has 1 aliphatic carbocycles. The number of Topliss-reactive ketones (excluding diaryl/α,β-unsaturated/α-hetero) is 1. The van der Waals surface area contributed by atoms with Crippen LogP contribution in [-0.2, 0) is 4.79 Å². The van der Waals surface area contributed by atoms with Gasteiger partial charge in [0.25, 0.3) is 5.91 Å². The van der Waals surface area contributed by atoms with Gasteiger partial charge in [-0.25, -0.2) is 4.68 Å². The van der Waals surface area contributed by atoms with Crippen LogP contribution in [0.3, 0.4) is 0 Å². The Morgan fingerprint density at radius 3 is 2.57 bits per heavy atom. The molecule has 5 rings (SSSR count). The highest BCUT2D eigenvalue weighted by molar-refractivity contribution is 6.08. The van der Waals surface area contributed by atoms with Crippen molar-refractivity contribution in [2.24, 2.45) is 5.41 Å². The number of allylic oxidation sites excluding steroid dienone is 2. The third-order valence-corrected chi connectivity index (χ3v) is 6.38. The standard InChI is InChI=1S/C27H28N4O4/c1-4-35-19-11-7-17(8-12-19)29-26(34)20-15-28-31-24(16-5-9-18(32)10-6-16)23-21(30-25(20)31)13-27(2,3)14-22(23)33/h5-12,15,24,30,32H,4,13-14H2,1-3H3,(H,29,34)/t24-/m1/s1. The second-order valence-corrected chi connectivity index (χ2v) is 9.72. The lowest BCUT2D eigenvalue weighted by atomic mass is 9.73. The van der Waals surface area contributed by atoms with Crippen molar-refractivity contribution >= 4 is 23.2 Å². The molecule has 35 heavy (non-hydrogen) atoms. The normalized spacial score (nSPS) is 18.4. The van der Waals surface area contributed by atoms with Gasteiger partial charge in [0.2, 0.25) is 0 Å². The summed E-state index contributed by atoms with van der Waals surface area (Å²) < 4.78 is 7.15. The Morgan fingerprint density at radius 2 is 1.89 bits per heavy atom. The Kier molecular flexibility index (Phi) is 5.59. The molecule has 1 amide bonds. The van der Waals surface area contributed by atoms with Crippen LogP contribution in [-0.4, -0.2) is 33.2 Å². The summed E-state index contributed by atoms with van der Waals surface area (Å²) in [6.45, 7) is 6.62. The molecule has 1 aromatic heterocycles. The number of carbonyl (C=O) groups excluding carboxylic acids is 2. The Morgan fingerprint density at radius 1 is 1.17 bits per heavy atom. The summed E-state index contributed by atoms with van der Waals surface area (Å²) in [4.78, 5) is 26.5. The maximum Gasteiger partial charge on any atom is 0.261 e. The predicted molar refractivity (Wildman–Crippen MR) is 133 cm³/mol. The molecule has 1 atom stereocenters. The summed E-state index contributed by atoms with van der Waals surface area (Å²) in [7, 11) is 0. The van der Waals surface area contributed by atoms with Crippen molar-refractivity contribution in [3.05, 3.63) is 77.1 Å². The van der Waals surface area contributed by atoms with Gasteiger partial charge in [-0.15, -0.1) is 0 Å². The van der Waals surface area contributed by atoms with Crippen LogP contribution in [0.5, 0.6) is 11.5 Å². The van der Waals surface area contributed by atoms with E-state index in [0.29, 0.717) is 42.1 Å². The number of anilines is 2. The number of ketones is 1. The Balaban J connectivity index is 1.52. The maximum atomic E-state index is 13.3. The lowest BCUT2D eigenvalue weighted by Gasteiger charge is -2.39. The minimum Gasteiger partial charge on any atom is -0.508 e. The minimum atomic E-state index is -0.488. The molecule has 0 saturated carbocycles. The van der Waals surface area contributed by atoms with Gasteiger partial charge >= 0.3 is 0 Å². The summed E-state index contributed by atoms with van der Waals surface area (Å²) in [5.74, 6) is 1.16. The van der Waals surface area contributed by atoms with Crippen LogP contribution in [0.4, 0.5) is 11.5 Å². The van der Waals surface area contributed by atoms with Crippen LogP contribution in [0, 0.1) is 5.41 Å². The molecule has 3 aromatic rings. The Hall–Kier alpha value is -4.07. The molecule has 8 nitrogen and oxygen atoms in total. The second kappa shape index (κ2) is 8.61. The fourth-order valence-corrected chi connectivity index (χ4v) is 4.84. The van der Waals surface area contributed by atoms with E-state index in [4.69, 9.17) is 4.74 Å². The highest BCUT2D eigenvalue weighted by atomic mass is 16.5. The smallest absolute Gasteiger partial charge is 0.261 e. The first-order chi connectivity index (χ1) is 16.8. The van der Waals surface area contributed by atoms with Crippen LogP contribution in [0.15, 0.2) is 66.0 Å². The van der Waals surface area contributed by atoms with Gasteiger partial charge in [0, 0.05) is 23.4 Å². The molecule has 1 aliphatic heterocycles. The number of phenols is 1. The van der Waals surface area contributed by atoms with Crippen LogP contribution in [0.1, 0.15) is 55.6 Å². The van der Waals surface area contributed by atoms with E-state index in [-0.39, 0.29) is 22.9 Å². The van der Waals surface area contributed by atoms with Crippen molar-refractivity contribution in [1.29, 1.82) is 0 Å². The van der Waals surface area contributed by atoms with E-state index in [1.807, 2.05) is 6.92 Å². The topological polar surface area (TPSA) is 105 Å². The molecule has 0 fully saturated rings. The number of hydrogen-bond donors (Lipinski definition) is 3. The van der Waals surface area contributed by atoms with Crippen molar-refractivity contribution in [2.45, 2.75) is 39.7 Å². The molecule has 0 saturated heterocycles. The fraction of sp³-hybridized carbons (Fsp3) is 0.296. The van der Waals surface area contributed by atoms with Gasteiger partial charge in [0.15, 0.2) is 5.78 Å².